The van der Waals surface area contributed by atoms with E-state index in [1.165, 1.54) is 24.5 Å². The zero-order valence-electron chi connectivity index (χ0n) is 42.7. The first-order valence-electron chi connectivity index (χ1n) is 24.5. The van der Waals surface area contributed by atoms with Crippen molar-refractivity contribution in [3.63, 3.8) is 0 Å². The van der Waals surface area contributed by atoms with Gasteiger partial charge in [-0.25, -0.2) is 14.6 Å². The first-order valence-corrected chi connectivity index (χ1v) is 25.6. The number of nitrogens with zero attached hydrogens (tertiary/aromatic N) is 6. The number of para-hydroxylation sites is 1. The van der Waals surface area contributed by atoms with Crippen LogP contribution in [0.5, 0.6) is 5.75 Å². The van der Waals surface area contributed by atoms with Crippen LogP contribution in [0.3, 0.4) is 0 Å². The Morgan fingerprint density at radius 3 is 1.50 bits per heavy atom. The van der Waals surface area contributed by atoms with E-state index in [9.17, 15) is 29.4 Å². The molecule has 0 saturated carbocycles. The van der Waals surface area contributed by atoms with Gasteiger partial charge < -0.3 is 19.9 Å². The highest BCUT2D eigenvalue weighted by molar-refractivity contribution is 6.31. The van der Waals surface area contributed by atoms with Gasteiger partial charge in [-0.1, -0.05) is 156 Å². The highest BCUT2D eigenvalue weighted by Gasteiger charge is 2.27. The molecule has 0 aliphatic carbocycles. The maximum atomic E-state index is 13.8. The van der Waals surface area contributed by atoms with E-state index in [0.29, 0.717) is 88.4 Å². The molecular formula is C56H61BCl3N6O8. The monoisotopic (exact) mass is 1060 g/mol. The van der Waals surface area contributed by atoms with Gasteiger partial charge in [-0.3, -0.25) is 32.8 Å². The molecule has 18 heteroatoms. The number of unbranched alkanes of at least 4 members (excludes halogenated alkanes) is 2. The molecule has 0 aliphatic rings. The van der Waals surface area contributed by atoms with Crippen molar-refractivity contribution in [2.24, 2.45) is 14.1 Å². The number of hydrogen-bond donors (Lipinski definition) is 3. The third-order valence-corrected chi connectivity index (χ3v) is 13.6. The quantitative estimate of drug-likeness (QED) is 0.0660. The van der Waals surface area contributed by atoms with Crippen molar-refractivity contribution in [3.8, 4) is 17.0 Å². The summed E-state index contributed by atoms with van der Waals surface area (Å²) in [5.74, 6) is 1.32. The van der Waals surface area contributed by atoms with E-state index in [4.69, 9.17) is 49.5 Å². The normalized spacial score (nSPS) is 12.1. The molecule has 4 aromatic heterocycles. The van der Waals surface area contributed by atoms with Crippen LogP contribution in [0.15, 0.2) is 129 Å². The molecule has 74 heavy (non-hydrogen) atoms. The predicted octanol–water partition coefficient (Wildman–Crippen LogP) is 10.4. The SMILES string of the molecule is CC(C)c1ccccc1O[B]O.CCCCn1c(=O)c2c(C(O)c3ccc(Cl)cc3)c(-c3ccccc3C(C)C)ncc2n(C)c1=O.CCCCn1c(=O)c2c(C(O)c3ccc(Cl)cc3)c(Cl)ncc2n(C)c1=O. The van der Waals surface area contributed by atoms with Crippen molar-refractivity contribution in [1.82, 2.24) is 28.2 Å². The lowest BCUT2D eigenvalue weighted by molar-refractivity contribution is 0.221. The van der Waals surface area contributed by atoms with Crippen molar-refractivity contribution < 1.29 is 19.9 Å². The minimum Gasteiger partial charge on any atom is -0.537 e. The summed E-state index contributed by atoms with van der Waals surface area (Å²) < 4.78 is 10.2. The zero-order valence-corrected chi connectivity index (χ0v) is 45.0. The molecule has 3 N–H and O–H groups in total. The summed E-state index contributed by atoms with van der Waals surface area (Å²) in [6.45, 7) is 13.0. The number of aryl methyl sites for hydroxylation is 2. The number of aromatic nitrogens is 6. The van der Waals surface area contributed by atoms with E-state index < -0.39 is 29.0 Å². The molecule has 0 amide bonds. The maximum Gasteiger partial charge on any atom is 0.569 e. The fourth-order valence-corrected chi connectivity index (χ4v) is 9.20. The van der Waals surface area contributed by atoms with Crippen LogP contribution in [0.25, 0.3) is 33.1 Å². The lowest BCUT2D eigenvalue weighted by atomic mass is 9.89. The fraction of sp³-hybridized carbons (Fsp3) is 0.321. The lowest BCUT2D eigenvalue weighted by Gasteiger charge is -2.22. The number of aliphatic hydroxyl groups excluding tert-OH is 2. The molecule has 4 aromatic carbocycles. The Hall–Kier alpha value is -6.33. The van der Waals surface area contributed by atoms with E-state index in [1.807, 2.05) is 62.4 Å². The maximum absolute atomic E-state index is 13.8. The first kappa shape index (κ1) is 57.0. The van der Waals surface area contributed by atoms with Crippen LogP contribution in [0.2, 0.25) is 15.2 Å². The highest BCUT2D eigenvalue weighted by atomic mass is 35.5. The Bertz CT molecular complexity index is 3490. The molecule has 2 atom stereocenters. The van der Waals surface area contributed by atoms with Crippen LogP contribution in [0.1, 0.15) is 125 Å². The van der Waals surface area contributed by atoms with Crippen molar-refractivity contribution >= 4 is 64.3 Å². The first-order chi connectivity index (χ1) is 35.4. The van der Waals surface area contributed by atoms with Gasteiger partial charge in [0.05, 0.1) is 39.9 Å². The second kappa shape index (κ2) is 25.8. The molecule has 8 rings (SSSR count). The molecule has 4 heterocycles. The summed E-state index contributed by atoms with van der Waals surface area (Å²) in [6.07, 6.45) is 3.68. The lowest BCUT2D eigenvalue weighted by Crippen LogP contribution is -2.39. The van der Waals surface area contributed by atoms with Crippen LogP contribution in [0.4, 0.5) is 0 Å². The van der Waals surface area contributed by atoms with E-state index >= 15 is 0 Å². The van der Waals surface area contributed by atoms with Crippen LogP contribution in [-0.2, 0) is 27.2 Å². The number of benzene rings is 4. The van der Waals surface area contributed by atoms with Crippen LogP contribution in [-0.4, -0.2) is 51.2 Å². The van der Waals surface area contributed by atoms with Crippen molar-refractivity contribution in [2.75, 3.05) is 0 Å². The van der Waals surface area contributed by atoms with Gasteiger partial charge in [0.1, 0.15) is 23.1 Å². The average molecular weight is 1060 g/mol. The number of aliphatic hydroxyl groups is 2. The molecule has 0 saturated heterocycles. The summed E-state index contributed by atoms with van der Waals surface area (Å²) >= 11 is 18.3. The van der Waals surface area contributed by atoms with E-state index in [-0.39, 0.29) is 27.7 Å². The van der Waals surface area contributed by atoms with Gasteiger partial charge in [-0.05, 0) is 77.3 Å². The van der Waals surface area contributed by atoms with Crippen molar-refractivity contribution in [2.45, 2.75) is 104 Å². The molecule has 0 aliphatic heterocycles. The van der Waals surface area contributed by atoms with Crippen LogP contribution >= 0.6 is 34.8 Å². The summed E-state index contributed by atoms with van der Waals surface area (Å²) in [4.78, 5) is 61.3. The number of pyridine rings is 2. The standard InChI is InChI=1S/C28H30ClN3O3.C19H19Cl2N3O3.C9H12BO2/c1-5-6-15-32-27(34)23-22(31(4)28(32)35)16-30-25(21-10-8-7-9-20(21)17(2)3)24(23)26(33)18-11-13-19(29)14-12-18;1-3-4-9-24-18(26)14-13(23(2)19(24)27)10-22-17(21)15(14)16(25)11-5-7-12(20)8-6-11;1-7(2)8-5-3-4-6-9(8)12-10-11/h7-14,16-17,26,33H,5-6,15H2,1-4H3;5-8,10,16,25H,3-4,9H2,1-2H3;3-7,11H,1-2H3. The largest absolute Gasteiger partial charge is 0.569 e. The molecule has 8 aromatic rings. The number of rotatable bonds is 15. The fourth-order valence-electron chi connectivity index (χ4n) is 8.70. The highest BCUT2D eigenvalue weighted by Crippen LogP contribution is 2.38. The summed E-state index contributed by atoms with van der Waals surface area (Å²) in [6, 6.07) is 29.0. The molecule has 1 radical (unpaired) electrons. The topological polar surface area (TPSA) is 184 Å². The molecule has 0 spiro atoms. The van der Waals surface area contributed by atoms with Crippen molar-refractivity contribution in [1.29, 1.82) is 0 Å². The van der Waals surface area contributed by atoms with Gasteiger partial charge in [0, 0.05) is 53.9 Å². The molecule has 0 bridgehead atoms. The Morgan fingerprint density at radius 2 is 1.03 bits per heavy atom. The second-order valence-electron chi connectivity index (χ2n) is 18.4. The summed E-state index contributed by atoms with van der Waals surface area (Å²) in [5.41, 5.74) is 4.23. The molecule has 14 nitrogen and oxygen atoms in total. The minimum absolute atomic E-state index is 0.0164. The number of halogens is 3. The Labute approximate surface area is 445 Å². The van der Waals surface area contributed by atoms with E-state index in [2.05, 4.69) is 32.7 Å². The van der Waals surface area contributed by atoms with Gasteiger partial charge in [-0.2, -0.15) is 0 Å². The molecular weight excluding hydrogens is 1000 g/mol. The number of hydrogen-bond acceptors (Lipinski definition) is 10. The Balaban J connectivity index is 0.000000201. The average Bonchev–Trinajstić information content (AvgIpc) is 3.39. The molecule has 2 unspecified atom stereocenters. The van der Waals surface area contributed by atoms with Gasteiger partial charge in [-0.15, -0.1) is 0 Å². The smallest absolute Gasteiger partial charge is 0.537 e. The van der Waals surface area contributed by atoms with Gasteiger partial charge in [0.15, 0.2) is 0 Å². The minimum atomic E-state index is -1.18. The Morgan fingerprint density at radius 1 is 0.595 bits per heavy atom. The number of fused-ring (bicyclic) bond motifs is 2. The summed E-state index contributed by atoms with van der Waals surface area (Å²) in [5, 5.41) is 32.7. The molecule has 0 fully saturated rings. The third kappa shape index (κ3) is 12.4. The van der Waals surface area contributed by atoms with Gasteiger partial charge in [0.2, 0.25) is 0 Å². The van der Waals surface area contributed by atoms with E-state index in [0.717, 1.165) is 35.3 Å². The van der Waals surface area contributed by atoms with Crippen LogP contribution < -0.4 is 27.2 Å². The van der Waals surface area contributed by atoms with Gasteiger partial charge in [0.25, 0.3) is 11.1 Å². The Kier molecular flexibility index (Phi) is 19.8. The second-order valence-corrected chi connectivity index (χ2v) is 19.6. The van der Waals surface area contributed by atoms with Crippen molar-refractivity contribution in [3.05, 3.63) is 200 Å². The van der Waals surface area contributed by atoms with E-state index in [1.54, 1.807) is 68.8 Å². The van der Waals surface area contributed by atoms with Gasteiger partial charge >= 0.3 is 19.1 Å². The summed E-state index contributed by atoms with van der Waals surface area (Å²) in [7, 11) is 3.91. The predicted molar refractivity (Wildman–Crippen MR) is 297 cm³/mol. The molecule has 387 valence electrons. The van der Waals surface area contributed by atoms with Crippen LogP contribution in [0, 0.1) is 0 Å². The third-order valence-electron chi connectivity index (χ3n) is 12.8. The zero-order chi connectivity index (χ0) is 54.0.